The Morgan fingerprint density at radius 3 is 2.25 bits per heavy atom. The first-order valence-electron chi connectivity index (χ1n) is 8.72. The highest BCUT2D eigenvalue weighted by molar-refractivity contribution is 5.95. The van der Waals surface area contributed by atoms with Crippen LogP contribution in [-0.4, -0.2) is 20.6 Å². The van der Waals surface area contributed by atoms with Gasteiger partial charge in [-0.3, -0.25) is 14.9 Å². The summed E-state index contributed by atoms with van der Waals surface area (Å²) in [6, 6.07) is 8.05. The molecule has 2 aromatic carbocycles. The molecule has 0 bridgehead atoms. The normalized spacial score (nSPS) is 11.9. The van der Waals surface area contributed by atoms with Crippen molar-refractivity contribution in [3.63, 3.8) is 0 Å². The third kappa shape index (κ3) is 4.87. The molecule has 1 amide bonds. The molecule has 168 valence electrons. The Kier molecular flexibility index (Phi) is 5.92. The molecule has 3 aromatic rings. The molecule has 0 aliphatic rings. The van der Waals surface area contributed by atoms with E-state index in [4.69, 9.17) is 0 Å². The molecule has 1 aromatic heterocycles. The average Bonchev–Trinajstić information content (AvgIpc) is 3.18. The first-order valence-corrected chi connectivity index (χ1v) is 8.72. The number of rotatable bonds is 5. The molecule has 0 aliphatic carbocycles. The monoisotopic (exact) mass is 458 g/mol. The highest BCUT2D eigenvalue weighted by Crippen LogP contribution is 2.35. The summed E-state index contributed by atoms with van der Waals surface area (Å²) in [5, 5.41) is 16.4. The minimum atomic E-state index is -5.11. The zero-order chi connectivity index (χ0) is 23.7. The van der Waals surface area contributed by atoms with Crippen molar-refractivity contribution in [2.24, 2.45) is 0 Å². The van der Waals surface area contributed by atoms with E-state index in [2.05, 4.69) is 10.4 Å². The molecule has 0 saturated heterocycles. The lowest BCUT2D eigenvalue weighted by Crippen LogP contribution is -2.26. The quantitative estimate of drug-likeness (QED) is 0.340. The van der Waals surface area contributed by atoms with E-state index in [-0.39, 0.29) is 16.9 Å². The summed E-state index contributed by atoms with van der Waals surface area (Å²) in [4.78, 5) is 22.4. The molecule has 0 fully saturated rings. The van der Waals surface area contributed by atoms with Crippen LogP contribution in [0.3, 0.4) is 0 Å². The molecule has 0 saturated carbocycles. The maximum Gasteiger partial charge on any atom is 0.434 e. The number of aromatic nitrogens is 2. The third-order valence-electron chi connectivity index (χ3n) is 4.30. The number of carbonyl (C=O) groups excluding carboxylic acids is 1. The lowest BCUT2D eigenvalue weighted by Gasteiger charge is -2.14. The predicted molar refractivity (Wildman–Crippen MR) is 97.8 cm³/mol. The summed E-state index contributed by atoms with van der Waals surface area (Å²) >= 11 is 0. The number of carbonyl (C=O) groups is 1. The Labute approximate surface area is 175 Å². The molecule has 0 aliphatic heterocycles. The minimum absolute atomic E-state index is 0.207. The molecule has 3 rings (SSSR count). The van der Waals surface area contributed by atoms with E-state index < -0.39 is 45.7 Å². The maximum atomic E-state index is 13.7. The second kappa shape index (κ2) is 8.32. The number of benzene rings is 2. The topological polar surface area (TPSA) is 90.1 Å². The average molecular weight is 458 g/mol. The van der Waals surface area contributed by atoms with E-state index in [1.54, 1.807) is 0 Å². The van der Waals surface area contributed by atoms with Gasteiger partial charge in [0.05, 0.1) is 27.9 Å². The Morgan fingerprint density at radius 1 is 1.03 bits per heavy atom. The van der Waals surface area contributed by atoms with Gasteiger partial charge in [-0.15, -0.1) is 0 Å². The lowest BCUT2D eigenvalue weighted by atomic mass is 10.1. The molecule has 13 heteroatoms. The van der Waals surface area contributed by atoms with Gasteiger partial charge in [0.2, 0.25) is 0 Å². The van der Waals surface area contributed by atoms with Crippen LogP contribution in [0.5, 0.6) is 0 Å². The van der Waals surface area contributed by atoms with Gasteiger partial charge in [-0.05, 0) is 23.8 Å². The van der Waals surface area contributed by atoms with Gasteiger partial charge in [-0.25, -0.2) is 4.68 Å². The van der Waals surface area contributed by atoms with Crippen LogP contribution in [-0.2, 0) is 18.9 Å². The van der Waals surface area contributed by atoms with Crippen LogP contribution in [0.4, 0.5) is 32.0 Å². The molecular weight excluding hydrogens is 446 g/mol. The van der Waals surface area contributed by atoms with Gasteiger partial charge < -0.3 is 5.32 Å². The number of nitrogens with one attached hydrogen (secondary N) is 1. The van der Waals surface area contributed by atoms with Crippen LogP contribution in [0.1, 0.15) is 27.2 Å². The Hall–Kier alpha value is -3.90. The molecule has 1 heterocycles. The lowest BCUT2D eigenvalue weighted by molar-refractivity contribution is -0.384. The summed E-state index contributed by atoms with van der Waals surface area (Å²) in [5.74, 6) is -1.17. The van der Waals surface area contributed by atoms with Crippen molar-refractivity contribution in [2.45, 2.75) is 18.9 Å². The molecule has 0 atom stereocenters. The van der Waals surface area contributed by atoms with E-state index in [0.717, 1.165) is 24.3 Å². The smallest absolute Gasteiger partial charge is 0.348 e. The molecule has 0 spiro atoms. The Bertz CT molecular complexity index is 1150. The number of hydrogen-bond acceptors (Lipinski definition) is 4. The fourth-order valence-corrected chi connectivity index (χ4v) is 2.81. The van der Waals surface area contributed by atoms with Gasteiger partial charge in [0.1, 0.15) is 0 Å². The largest absolute Gasteiger partial charge is 0.434 e. The zero-order valence-electron chi connectivity index (χ0n) is 15.7. The molecular formula is C19H12F6N4O3. The SMILES string of the molecule is O=C(NCc1ccc([N+](=O)[O-])cc1)c1cnn(-c2cccc(C(F)(F)F)c2)c1C(F)(F)F. The minimum Gasteiger partial charge on any atom is -0.348 e. The number of hydrogen-bond donors (Lipinski definition) is 1. The third-order valence-corrected chi connectivity index (χ3v) is 4.30. The van der Waals surface area contributed by atoms with Crippen LogP contribution in [0.2, 0.25) is 0 Å². The number of halogens is 6. The van der Waals surface area contributed by atoms with E-state index in [1.165, 1.54) is 12.1 Å². The summed E-state index contributed by atoms with van der Waals surface area (Å²) < 4.78 is 80.0. The van der Waals surface area contributed by atoms with Gasteiger partial charge in [-0.2, -0.15) is 31.4 Å². The highest BCUT2D eigenvalue weighted by Gasteiger charge is 2.41. The number of nitrogens with zero attached hydrogens (tertiary/aromatic N) is 3. The fourth-order valence-electron chi connectivity index (χ4n) is 2.81. The van der Waals surface area contributed by atoms with E-state index >= 15 is 0 Å². The van der Waals surface area contributed by atoms with Crippen molar-refractivity contribution >= 4 is 11.6 Å². The summed E-state index contributed by atoms with van der Waals surface area (Å²) in [6.45, 7) is -0.247. The van der Waals surface area contributed by atoms with Crippen LogP contribution in [0, 0.1) is 10.1 Å². The van der Waals surface area contributed by atoms with Crippen molar-refractivity contribution < 1.29 is 36.1 Å². The van der Waals surface area contributed by atoms with Gasteiger partial charge in [-0.1, -0.05) is 18.2 Å². The summed E-state index contributed by atoms with van der Waals surface area (Å²) in [5.41, 5.74) is -3.97. The Morgan fingerprint density at radius 2 is 1.69 bits per heavy atom. The van der Waals surface area contributed by atoms with E-state index in [9.17, 15) is 41.3 Å². The molecule has 1 N–H and O–H groups in total. The van der Waals surface area contributed by atoms with Gasteiger partial charge >= 0.3 is 12.4 Å². The molecule has 7 nitrogen and oxygen atoms in total. The maximum absolute atomic E-state index is 13.7. The van der Waals surface area contributed by atoms with Crippen LogP contribution in [0.25, 0.3) is 5.69 Å². The number of alkyl halides is 6. The standard InChI is InChI=1S/C19H12F6N4O3/c20-18(21,22)12-2-1-3-14(8-12)28-16(19(23,24)25)15(10-27-28)17(30)26-9-11-4-6-13(7-5-11)29(31)32/h1-8,10H,9H2,(H,26,30). The van der Waals surface area contributed by atoms with Gasteiger partial charge in [0.25, 0.3) is 11.6 Å². The van der Waals surface area contributed by atoms with Crippen LogP contribution in [0.15, 0.2) is 54.7 Å². The van der Waals surface area contributed by atoms with E-state index in [0.29, 0.717) is 23.9 Å². The highest BCUT2D eigenvalue weighted by atomic mass is 19.4. The number of non-ortho nitro benzene ring substituents is 1. The summed E-state index contributed by atoms with van der Waals surface area (Å²) in [6.07, 6.45) is -9.29. The van der Waals surface area contributed by atoms with E-state index in [1.807, 2.05) is 0 Å². The number of nitro groups is 1. The molecule has 0 radical (unpaired) electrons. The van der Waals surface area contributed by atoms with Crippen molar-refractivity contribution in [3.05, 3.63) is 87.2 Å². The zero-order valence-corrected chi connectivity index (χ0v) is 15.7. The summed E-state index contributed by atoms with van der Waals surface area (Å²) in [7, 11) is 0. The van der Waals surface area contributed by atoms with Crippen molar-refractivity contribution in [1.82, 2.24) is 15.1 Å². The second-order valence-corrected chi connectivity index (χ2v) is 6.47. The number of nitro benzene ring substituents is 1. The van der Waals surface area contributed by atoms with Crippen molar-refractivity contribution in [1.29, 1.82) is 0 Å². The second-order valence-electron chi connectivity index (χ2n) is 6.47. The first-order chi connectivity index (χ1) is 14.9. The van der Waals surface area contributed by atoms with Crippen LogP contribution < -0.4 is 5.32 Å². The first kappa shape index (κ1) is 22.8. The predicted octanol–water partition coefficient (Wildman–Crippen LogP) is 4.75. The van der Waals surface area contributed by atoms with Gasteiger partial charge in [0.15, 0.2) is 5.69 Å². The molecule has 0 unspecified atom stereocenters. The van der Waals surface area contributed by atoms with Crippen LogP contribution >= 0.6 is 0 Å². The van der Waals surface area contributed by atoms with Crippen molar-refractivity contribution in [2.75, 3.05) is 0 Å². The Balaban J connectivity index is 1.90. The van der Waals surface area contributed by atoms with Gasteiger partial charge in [0, 0.05) is 18.7 Å². The number of amides is 1. The van der Waals surface area contributed by atoms with Crippen molar-refractivity contribution in [3.8, 4) is 5.69 Å². The fraction of sp³-hybridized carbons (Fsp3) is 0.158. The molecule has 32 heavy (non-hydrogen) atoms.